The molecule has 0 aliphatic rings. The zero-order chi connectivity index (χ0) is 20.2. The van der Waals surface area contributed by atoms with E-state index in [9.17, 15) is 4.79 Å². The van der Waals surface area contributed by atoms with Crippen LogP contribution in [0.15, 0.2) is 84.9 Å². The van der Waals surface area contributed by atoms with Crippen molar-refractivity contribution in [1.29, 1.82) is 0 Å². The summed E-state index contributed by atoms with van der Waals surface area (Å²) in [7, 11) is 0. The summed E-state index contributed by atoms with van der Waals surface area (Å²) in [6, 6.07) is 27.9. The lowest BCUT2D eigenvalue weighted by Crippen LogP contribution is -2.23. The van der Waals surface area contributed by atoms with Crippen LogP contribution in [0.5, 0.6) is 5.75 Å². The minimum Gasteiger partial charge on any atom is -0.494 e. The molecule has 0 saturated carbocycles. The summed E-state index contributed by atoms with van der Waals surface area (Å²) >= 11 is 0. The van der Waals surface area contributed by atoms with Crippen LogP contribution in [0.3, 0.4) is 0 Å². The molecule has 0 aromatic heterocycles. The third-order valence-electron chi connectivity index (χ3n) is 4.42. The van der Waals surface area contributed by atoms with Crippen LogP contribution in [0.2, 0.25) is 0 Å². The fourth-order valence-electron chi connectivity index (χ4n) is 2.92. The molecule has 4 nitrogen and oxygen atoms in total. The van der Waals surface area contributed by atoms with E-state index in [0.717, 1.165) is 22.4 Å². The first-order valence-corrected chi connectivity index (χ1v) is 9.93. The van der Waals surface area contributed by atoms with Gasteiger partial charge in [-0.3, -0.25) is 4.79 Å². The zero-order valence-corrected chi connectivity index (χ0v) is 16.6. The van der Waals surface area contributed by atoms with Crippen LogP contribution >= 0.6 is 0 Å². The number of benzene rings is 3. The molecule has 0 spiro atoms. The molecule has 0 atom stereocenters. The van der Waals surface area contributed by atoms with Crippen molar-refractivity contribution in [2.24, 2.45) is 0 Å². The molecule has 0 unspecified atom stereocenters. The summed E-state index contributed by atoms with van der Waals surface area (Å²) in [5.41, 5.74) is 3.33. The minimum atomic E-state index is 0.0346. The van der Waals surface area contributed by atoms with Gasteiger partial charge in [-0.2, -0.15) is 0 Å². The highest BCUT2D eigenvalue weighted by molar-refractivity contribution is 5.75. The van der Waals surface area contributed by atoms with Crippen molar-refractivity contribution in [3.05, 3.63) is 102 Å². The number of para-hydroxylation sites is 1. The molecule has 29 heavy (non-hydrogen) atoms. The number of ether oxygens (including phenoxy) is 2. The van der Waals surface area contributed by atoms with Gasteiger partial charge < -0.3 is 14.8 Å². The van der Waals surface area contributed by atoms with E-state index in [1.54, 1.807) is 0 Å². The summed E-state index contributed by atoms with van der Waals surface area (Å²) < 4.78 is 11.4. The zero-order valence-electron chi connectivity index (χ0n) is 16.6. The lowest BCUT2D eigenvalue weighted by Gasteiger charge is -2.09. The maximum absolute atomic E-state index is 12.1. The third kappa shape index (κ3) is 7.80. The molecule has 0 aliphatic heterocycles. The predicted molar refractivity (Wildman–Crippen MR) is 114 cm³/mol. The lowest BCUT2D eigenvalue weighted by atomic mass is 10.1. The second-order valence-electron chi connectivity index (χ2n) is 6.84. The number of hydrogen-bond donors (Lipinski definition) is 1. The molecule has 1 N–H and O–H groups in total. The molecule has 3 aromatic rings. The topological polar surface area (TPSA) is 47.6 Å². The maximum Gasteiger partial charge on any atom is 0.220 e. The molecule has 1 amide bonds. The molecule has 0 bridgehead atoms. The Hall–Kier alpha value is -3.11. The average molecular weight is 389 g/mol. The van der Waals surface area contributed by atoms with Gasteiger partial charge in [-0.1, -0.05) is 72.8 Å². The Bertz CT molecular complexity index is 866. The van der Waals surface area contributed by atoms with Crippen molar-refractivity contribution in [3.63, 3.8) is 0 Å². The molecule has 3 aromatic carbocycles. The fraction of sp³-hybridized carbons (Fsp3) is 0.240. The average Bonchev–Trinajstić information content (AvgIpc) is 2.77. The minimum absolute atomic E-state index is 0.0346. The van der Waals surface area contributed by atoms with Gasteiger partial charge in [0.05, 0.1) is 19.8 Å². The Balaban J connectivity index is 1.33. The Morgan fingerprint density at radius 2 is 1.41 bits per heavy atom. The summed E-state index contributed by atoms with van der Waals surface area (Å²) in [4.78, 5) is 12.1. The number of carbonyl (C=O) groups is 1. The summed E-state index contributed by atoms with van der Waals surface area (Å²) in [5.74, 6) is 0.867. The first-order chi connectivity index (χ1) is 14.3. The molecule has 150 valence electrons. The van der Waals surface area contributed by atoms with E-state index in [2.05, 4.69) is 23.5 Å². The first kappa shape index (κ1) is 20.6. The van der Waals surface area contributed by atoms with Crippen molar-refractivity contribution >= 4 is 5.91 Å². The molecular formula is C25H27NO3. The molecule has 0 saturated heterocycles. The van der Waals surface area contributed by atoms with Gasteiger partial charge in [0.15, 0.2) is 0 Å². The summed E-state index contributed by atoms with van der Waals surface area (Å²) in [6.07, 6.45) is 1.14. The standard InChI is InChI=1S/C25H27NO3/c27-25(15-8-16-29-24-13-5-2-6-14-24)26-18-22-11-7-12-23(17-22)20-28-19-21-9-3-1-4-10-21/h1-7,9-14,17H,8,15-16,18-20H2,(H,26,27). The van der Waals surface area contributed by atoms with Crippen LogP contribution in [-0.4, -0.2) is 12.5 Å². The van der Waals surface area contributed by atoms with Gasteiger partial charge in [0.2, 0.25) is 5.91 Å². The fourth-order valence-corrected chi connectivity index (χ4v) is 2.92. The number of carbonyl (C=O) groups excluding carboxylic acids is 1. The van der Waals surface area contributed by atoms with Gasteiger partial charge in [0.25, 0.3) is 0 Å². The summed E-state index contributed by atoms with van der Waals surface area (Å²) in [6.45, 7) is 2.19. The van der Waals surface area contributed by atoms with E-state index in [1.807, 2.05) is 66.7 Å². The van der Waals surface area contributed by atoms with Gasteiger partial charge in [-0.05, 0) is 35.2 Å². The van der Waals surface area contributed by atoms with E-state index in [4.69, 9.17) is 9.47 Å². The summed E-state index contributed by atoms with van der Waals surface area (Å²) in [5, 5.41) is 2.97. The van der Waals surface area contributed by atoms with Crippen LogP contribution in [0.1, 0.15) is 29.5 Å². The van der Waals surface area contributed by atoms with Crippen LogP contribution in [0.25, 0.3) is 0 Å². The second kappa shape index (κ2) is 11.7. The van der Waals surface area contributed by atoms with Gasteiger partial charge in [0.1, 0.15) is 5.75 Å². The molecule has 3 rings (SSSR count). The van der Waals surface area contributed by atoms with Crippen molar-refractivity contribution in [2.45, 2.75) is 32.6 Å². The smallest absolute Gasteiger partial charge is 0.220 e. The lowest BCUT2D eigenvalue weighted by molar-refractivity contribution is -0.121. The monoisotopic (exact) mass is 389 g/mol. The van der Waals surface area contributed by atoms with E-state index < -0.39 is 0 Å². The third-order valence-corrected chi connectivity index (χ3v) is 4.42. The van der Waals surface area contributed by atoms with E-state index >= 15 is 0 Å². The van der Waals surface area contributed by atoms with Gasteiger partial charge in [-0.15, -0.1) is 0 Å². The largest absolute Gasteiger partial charge is 0.494 e. The van der Waals surface area contributed by atoms with Gasteiger partial charge in [-0.25, -0.2) is 0 Å². The maximum atomic E-state index is 12.1. The van der Waals surface area contributed by atoms with Crippen molar-refractivity contribution in [1.82, 2.24) is 5.32 Å². The molecular weight excluding hydrogens is 362 g/mol. The highest BCUT2D eigenvalue weighted by Gasteiger charge is 2.03. The highest BCUT2D eigenvalue weighted by atomic mass is 16.5. The molecule has 0 aliphatic carbocycles. The van der Waals surface area contributed by atoms with E-state index in [0.29, 0.717) is 39.2 Å². The van der Waals surface area contributed by atoms with E-state index in [-0.39, 0.29) is 5.91 Å². The van der Waals surface area contributed by atoms with Gasteiger partial charge in [0, 0.05) is 13.0 Å². The SMILES string of the molecule is O=C(CCCOc1ccccc1)NCc1cccc(COCc2ccccc2)c1. The number of amides is 1. The van der Waals surface area contributed by atoms with Crippen molar-refractivity contribution in [2.75, 3.05) is 6.61 Å². The van der Waals surface area contributed by atoms with Gasteiger partial charge >= 0.3 is 0 Å². The molecule has 0 fully saturated rings. The Morgan fingerprint density at radius 1 is 0.759 bits per heavy atom. The molecule has 4 heteroatoms. The molecule has 0 heterocycles. The van der Waals surface area contributed by atoms with Crippen LogP contribution < -0.4 is 10.1 Å². The Labute approximate surface area is 172 Å². The molecule has 0 radical (unpaired) electrons. The predicted octanol–water partition coefficient (Wildman–Crippen LogP) is 4.88. The quantitative estimate of drug-likeness (QED) is 0.476. The highest BCUT2D eigenvalue weighted by Crippen LogP contribution is 2.10. The van der Waals surface area contributed by atoms with Crippen LogP contribution in [-0.2, 0) is 29.3 Å². The number of nitrogens with one attached hydrogen (secondary N) is 1. The van der Waals surface area contributed by atoms with Crippen LogP contribution in [0.4, 0.5) is 0 Å². The number of hydrogen-bond acceptors (Lipinski definition) is 3. The van der Waals surface area contributed by atoms with Crippen molar-refractivity contribution in [3.8, 4) is 5.75 Å². The second-order valence-corrected chi connectivity index (χ2v) is 6.84. The first-order valence-electron chi connectivity index (χ1n) is 9.93. The Morgan fingerprint density at radius 3 is 2.21 bits per heavy atom. The van der Waals surface area contributed by atoms with Crippen molar-refractivity contribution < 1.29 is 14.3 Å². The number of rotatable bonds is 11. The van der Waals surface area contributed by atoms with Crippen LogP contribution in [0, 0.1) is 0 Å². The van der Waals surface area contributed by atoms with E-state index in [1.165, 1.54) is 0 Å². The Kier molecular flexibility index (Phi) is 8.30. The normalized spacial score (nSPS) is 10.5.